The third-order valence-corrected chi connectivity index (χ3v) is 4.44. The molecule has 2 saturated heterocycles. The second-order valence-electron chi connectivity index (χ2n) is 5.71. The van der Waals surface area contributed by atoms with Gasteiger partial charge >= 0.3 is 0 Å². The Balaban J connectivity index is 1.47. The Labute approximate surface area is 109 Å². The molecule has 2 aliphatic rings. The van der Waals surface area contributed by atoms with Crippen LogP contribution in [0.1, 0.15) is 25.7 Å². The Morgan fingerprint density at radius 3 is 3.00 bits per heavy atom. The number of nitrogens with zero attached hydrogens (tertiary/aromatic N) is 3. The van der Waals surface area contributed by atoms with Crippen molar-refractivity contribution in [3.63, 3.8) is 0 Å². The molecule has 2 aliphatic heterocycles. The first-order chi connectivity index (χ1) is 8.92. The highest BCUT2D eigenvalue weighted by Crippen LogP contribution is 2.24. The highest BCUT2D eigenvalue weighted by molar-refractivity contribution is 4.86. The van der Waals surface area contributed by atoms with Crippen LogP contribution >= 0.6 is 0 Å². The maximum atomic E-state index is 4.10. The molecule has 0 bridgehead atoms. The summed E-state index contributed by atoms with van der Waals surface area (Å²) < 4.78 is 2.18. The first kappa shape index (κ1) is 12.2. The first-order valence-corrected chi connectivity index (χ1v) is 7.33. The molecule has 4 nitrogen and oxygen atoms in total. The van der Waals surface area contributed by atoms with Gasteiger partial charge in [-0.25, -0.2) is 4.98 Å². The van der Waals surface area contributed by atoms with Gasteiger partial charge in [0, 0.05) is 38.1 Å². The highest BCUT2D eigenvalue weighted by Gasteiger charge is 2.28. The Morgan fingerprint density at radius 1 is 1.22 bits per heavy atom. The molecule has 0 amide bonds. The van der Waals surface area contributed by atoms with Crippen molar-refractivity contribution in [3.05, 3.63) is 18.7 Å². The zero-order valence-electron chi connectivity index (χ0n) is 11.1. The third kappa shape index (κ3) is 2.93. The van der Waals surface area contributed by atoms with Crippen molar-refractivity contribution >= 4 is 0 Å². The zero-order chi connectivity index (χ0) is 12.2. The van der Waals surface area contributed by atoms with Crippen molar-refractivity contribution in [1.82, 2.24) is 19.8 Å². The van der Waals surface area contributed by atoms with Gasteiger partial charge in [-0.05, 0) is 44.7 Å². The predicted molar refractivity (Wildman–Crippen MR) is 72.4 cm³/mol. The van der Waals surface area contributed by atoms with Crippen LogP contribution in [-0.2, 0) is 6.54 Å². The molecular formula is C14H24N4. The first-order valence-electron chi connectivity index (χ1n) is 7.33. The lowest BCUT2D eigenvalue weighted by Gasteiger charge is -2.35. The van der Waals surface area contributed by atoms with Crippen LogP contribution in [0.5, 0.6) is 0 Å². The van der Waals surface area contributed by atoms with Crippen LogP contribution in [0, 0.1) is 5.92 Å². The number of nitrogens with one attached hydrogen (secondary N) is 1. The smallest absolute Gasteiger partial charge is 0.0946 e. The maximum absolute atomic E-state index is 4.10. The molecule has 2 fully saturated rings. The Morgan fingerprint density at radius 2 is 2.22 bits per heavy atom. The Kier molecular flexibility index (Phi) is 3.96. The fourth-order valence-electron chi connectivity index (χ4n) is 3.41. The molecule has 1 aromatic rings. The van der Waals surface area contributed by atoms with E-state index in [2.05, 4.69) is 26.0 Å². The summed E-state index contributed by atoms with van der Waals surface area (Å²) in [6.07, 6.45) is 11.4. The summed E-state index contributed by atoms with van der Waals surface area (Å²) in [5.41, 5.74) is 0. The lowest BCUT2D eigenvalue weighted by atomic mass is 9.90. The van der Waals surface area contributed by atoms with E-state index in [0.29, 0.717) is 0 Å². The molecule has 2 atom stereocenters. The van der Waals surface area contributed by atoms with Crippen LogP contribution in [0.4, 0.5) is 0 Å². The predicted octanol–water partition coefficient (Wildman–Crippen LogP) is 1.35. The molecule has 18 heavy (non-hydrogen) atoms. The van der Waals surface area contributed by atoms with Gasteiger partial charge in [-0.15, -0.1) is 0 Å². The lowest BCUT2D eigenvalue weighted by Crippen LogP contribution is -2.44. The highest BCUT2D eigenvalue weighted by atomic mass is 15.2. The van der Waals surface area contributed by atoms with Crippen molar-refractivity contribution in [2.24, 2.45) is 5.92 Å². The zero-order valence-corrected chi connectivity index (χ0v) is 11.1. The number of piperidine rings is 1. The molecular weight excluding hydrogens is 224 g/mol. The van der Waals surface area contributed by atoms with Gasteiger partial charge in [-0.1, -0.05) is 0 Å². The fourth-order valence-corrected chi connectivity index (χ4v) is 3.41. The van der Waals surface area contributed by atoms with Gasteiger partial charge in [0.15, 0.2) is 0 Å². The Hall–Kier alpha value is -0.870. The second-order valence-corrected chi connectivity index (χ2v) is 5.71. The van der Waals surface area contributed by atoms with Gasteiger partial charge < -0.3 is 14.8 Å². The van der Waals surface area contributed by atoms with E-state index in [1.807, 2.05) is 12.5 Å². The molecule has 0 spiro atoms. The van der Waals surface area contributed by atoms with Crippen LogP contribution in [-0.4, -0.2) is 46.7 Å². The number of aromatic nitrogens is 2. The molecule has 0 radical (unpaired) electrons. The van der Waals surface area contributed by atoms with Gasteiger partial charge in [0.25, 0.3) is 0 Å². The van der Waals surface area contributed by atoms with E-state index in [1.54, 1.807) is 0 Å². The summed E-state index contributed by atoms with van der Waals surface area (Å²) >= 11 is 0. The van der Waals surface area contributed by atoms with Crippen LogP contribution in [0.25, 0.3) is 0 Å². The summed E-state index contributed by atoms with van der Waals surface area (Å²) in [7, 11) is 0. The molecule has 4 heteroatoms. The summed E-state index contributed by atoms with van der Waals surface area (Å²) in [5.74, 6) is 0.879. The molecule has 100 valence electrons. The summed E-state index contributed by atoms with van der Waals surface area (Å²) in [5, 5.41) is 3.67. The molecule has 0 saturated carbocycles. The van der Waals surface area contributed by atoms with Crippen molar-refractivity contribution in [2.75, 3.05) is 26.2 Å². The van der Waals surface area contributed by atoms with Gasteiger partial charge in [-0.2, -0.15) is 0 Å². The van der Waals surface area contributed by atoms with E-state index in [9.17, 15) is 0 Å². The minimum atomic E-state index is 0.793. The molecule has 2 unspecified atom stereocenters. The lowest BCUT2D eigenvalue weighted by molar-refractivity contribution is 0.147. The molecule has 0 aromatic carbocycles. The van der Waals surface area contributed by atoms with Gasteiger partial charge in [0.05, 0.1) is 6.33 Å². The largest absolute Gasteiger partial charge is 0.336 e. The van der Waals surface area contributed by atoms with Crippen LogP contribution < -0.4 is 5.32 Å². The maximum Gasteiger partial charge on any atom is 0.0946 e. The summed E-state index contributed by atoms with van der Waals surface area (Å²) in [6.45, 7) is 6.03. The SMILES string of the molecule is c1cn(CCN2CCCC(C3CCCN3)C2)cn1. The number of hydrogen-bond acceptors (Lipinski definition) is 3. The van der Waals surface area contributed by atoms with Crippen molar-refractivity contribution in [1.29, 1.82) is 0 Å². The monoisotopic (exact) mass is 248 g/mol. The van der Waals surface area contributed by atoms with E-state index >= 15 is 0 Å². The molecule has 3 heterocycles. The molecule has 1 aromatic heterocycles. The van der Waals surface area contributed by atoms with E-state index in [-0.39, 0.29) is 0 Å². The van der Waals surface area contributed by atoms with E-state index in [1.165, 1.54) is 51.9 Å². The van der Waals surface area contributed by atoms with E-state index < -0.39 is 0 Å². The van der Waals surface area contributed by atoms with E-state index in [0.717, 1.165) is 18.5 Å². The quantitative estimate of drug-likeness (QED) is 0.873. The average molecular weight is 248 g/mol. The van der Waals surface area contributed by atoms with Gasteiger partial charge in [0.2, 0.25) is 0 Å². The third-order valence-electron chi connectivity index (χ3n) is 4.44. The number of imidazole rings is 1. The van der Waals surface area contributed by atoms with Crippen LogP contribution in [0.15, 0.2) is 18.7 Å². The van der Waals surface area contributed by atoms with Gasteiger partial charge in [0.1, 0.15) is 0 Å². The van der Waals surface area contributed by atoms with Crippen LogP contribution in [0.3, 0.4) is 0 Å². The van der Waals surface area contributed by atoms with Gasteiger partial charge in [-0.3, -0.25) is 0 Å². The Bertz CT molecular complexity index is 343. The summed E-state index contributed by atoms with van der Waals surface area (Å²) in [6, 6.07) is 0.793. The standard InChI is InChI=1S/C14H24N4/c1-4-14(16-5-1)13-3-2-7-17(11-13)9-10-18-8-6-15-12-18/h6,8,12-14,16H,1-5,7,9-11H2. The van der Waals surface area contributed by atoms with Crippen molar-refractivity contribution in [2.45, 2.75) is 38.3 Å². The minimum absolute atomic E-state index is 0.793. The molecule has 3 rings (SSSR count). The van der Waals surface area contributed by atoms with E-state index in [4.69, 9.17) is 0 Å². The fraction of sp³-hybridized carbons (Fsp3) is 0.786. The number of likely N-dealkylation sites (tertiary alicyclic amines) is 1. The minimum Gasteiger partial charge on any atom is -0.336 e. The van der Waals surface area contributed by atoms with Crippen LogP contribution in [0.2, 0.25) is 0 Å². The normalized spacial score (nSPS) is 29.8. The topological polar surface area (TPSA) is 33.1 Å². The number of rotatable bonds is 4. The second kappa shape index (κ2) is 5.85. The van der Waals surface area contributed by atoms with Crippen molar-refractivity contribution < 1.29 is 0 Å². The molecule has 1 N–H and O–H groups in total. The molecule has 0 aliphatic carbocycles. The number of hydrogen-bond donors (Lipinski definition) is 1. The average Bonchev–Trinajstić information content (AvgIpc) is 3.10. The summed E-state index contributed by atoms with van der Waals surface area (Å²) in [4.78, 5) is 6.73. The van der Waals surface area contributed by atoms with Crippen molar-refractivity contribution in [3.8, 4) is 0 Å².